The number of hydrogen-bond acceptors (Lipinski definition) is 2. The average molecular weight is 278 g/mol. The van der Waals surface area contributed by atoms with Crippen molar-refractivity contribution in [3.05, 3.63) is 42.5 Å². The van der Waals surface area contributed by atoms with Gasteiger partial charge in [-0.15, -0.1) is 11.6 Å². The monoisotopic (exact) mass is 277 g/mol. The quantitative estimate of drug-likeness (QED) is 0.714. The smallest absolute Gasteiger partial charge is 0.127 e. The third-order valence-electron chi connectivity index (χ3n) is 3.26. The van der Waals surface area contributed by atoms with Crippen molar-refractivity contribution in [2.75, 3.05) is 32.1 Å². The topological polar surface area (TPSA) is 12.5 Å². The molecule has 102 valence electrons. The van der Waals surface area contributed by atoms with Crippen LogP contribution in [0.1, 0.15) is 6.92 Å². The predicted octanol–water partition coefficient (Wildman–Crippen LogP) is 3.78. The number of rotatable bonds is 7. The number of nitrogens with zero attached hydrogens (tertiary/aromatic N) is 1. The van der Waals surface area contributed by atoms with Crippen LogP contribution < -0.4 is 4.74 Å². The summed E-state index contributed by atoms with van der Waals surface area (Å²) >= 11 is 5.77. The maximum Gasteiger partial charge on any atom is 0.127 e. The Hall–Kier alpha value is -1.25. The van der Waals surface area contributed by atoms with Crippen molar-refractivity contribution in [1.29, 1.82) is 0 Å². The van der Waals surface area contributed by atoms with Gasteiger partial charge in [0.2, 0.25) is 0 Å². The van der Waals surface area contributed by atoms with Crippen LogP contribution >= 0.6 is 11.6 Å². The summed E-state index contributed by atoms with van der Waals surface area (Å²) in [5, 5.41) is 2.39. The van der Waals surface area contributed by atoms with Gasteiger partial charge >= 0.3 is 0 Å². The minimum atomic E-state index is 0.669. The number of fused-ring (bicyclic) bond motifs is 1. The Balaban J connectivity index is 1.98. The average Bonchev–Trinajstić information content (AvgIpc) is 2.46. The van der Waals surface area contributed by atoms with E-state index in [1.54, 1.807) is 0 Å². The van der Waals surface area contributed by atoms with Crippen LogP contribution in [0.4, 0.5) is 0 Å². The van der Waals surface area contributed by atoms with Gasteiger partial charge in [-0.2, -0.15) is 0 Å². The molecule has 0 amide bonds. The lowest BCUT2D eigenvalue weighted by Crippen LogP contribution is -2.30. The molecule has 0 aliphatic rings. The standard InChI is InChI=1S/C16H20ClNO/c1-2-18(11-10-17)12-13-19-16-9-5-7-14-6-3-4-8-15(14)16/h3-9H,2,10-13H2,1H3. The zero-order valence-corrected chi connectivity index (χ0v) is 12.1. The van der Waals surface area contributed by atoms with E-state index in [0.29, 0.717) is 12.5 Å². The molecular weight excluding hydrogens is 258 g/mol. The molecule has 0 bridgehead atoms. The highest BCUT2D eigenvalue weighted by Crippen LogP contribution is 2.24. The van der Waals surface area contributed by atoms with E-state index < -0.39 is 0 Å². The molecule has 0 spiro atoms. The SMILES string of the molecule is CCN(CCCl)CCOc1cccc2ccccc12. The molecule has 0 aliphatic heterocycles. The maximum atomic E-state index is 5.91. The summed E-state index contributed by atoms with van der Waals surface area (Å²) in [6.07, 6.45) is 0. The molecule has 0 unspecified atom stereocenters. The Kier molecular flexibility index (Phi) is 5.49. The third kappa shape index (κ3) is 3.85. The van der Waals surface area contributed by atoms with Crippen LogP contribution in [0, 0.1) is 0 Å². The van der Waals surface area contributed by atoms with Crippen molar-refractivity contribution >= 4 is 22.4 Å². The van der Waals surface area contributed by atoms with Gasteiger partial charge in [-0.25, -0.2) is 0 Å². The van der Waals surface area contributed by atoms with E-state index in [9.17, 15) is 0 Å². The Morgan fingerprint density at radius 1 is 1.05 bits per heavy atom. The summed E-state index contributed by atoms with van der Waals surface area (Å²) in [6.45, 7) is 5.66. The molecule has 19 heavy (non-hydrogen) atoms. The van der Waals surface area contributed by atoms with Gasteiger partial charge in [0.25, 0.3) is 0 Å². The van der Waals surface area contributed by atoms with Crippen LogP contribution in [-0.4, -0.2) is 37.0 Å². The number of alkyl halides is 1. The van der Waals surface area contributed by atoms with Crippen molar-refractivity contribution in [1.82, 2.24) is 4.90 Å². The molecule has 0 saturated carbocycles. The number of likely N-dealkylation sites (N-methyl/N-ethyl adjacent to an activating group) is 1. The molecular formula is C16H20ClNO. The van der Waals surface area contributed by atoms with Crippen molar-refractivity contribution in [3.63, 3.8) is 0 Å². The first-order valence-electron chi connectivity index (χ1n) is 6.74. The summed E-state index contributed by atoms with van der Waals surface area (Å²) in [5.41, 5.74) is 0. The normalized spacial score (nSPS) is 11.1. The molecule has 0 aliphatic carbocycles. The Bertz CT molecular complexity index is 510. The lowest BCUT2D eigenvalue weighted by atomic mass is 10.1. The molecule has 3 heteroatoms. The first kappa shape index (κ1) is 14.2. The van der Waals surface area contributed by atoms with Gasteiger partial charge in [0.15, 0.2) is 0 Å². The highest BCUT2D eigenvalue weighted by Gasteiger charge is 2.04. The first-order chi connectivity index (χ1) is 9.35. The second-order valence-electron chi connectivity index (χ2n) is 4.45. The van der Waals surface area contributed by atoms with Gasteiger partial charge in [0, 0.05) is 24.4 Å². The minimum absolute atomic E-state index is 0.669. The Morgan fingerprint density at radius 2 is 1.84 bits per heavy atom. The number of ether oxygens (including phenoxy) is 1. The fraction of sp³-hybridized carbons (Fsp3) is 0.375. The van der Waals surface area contributed by atoms with Gasteiger partial charge in [-0.3, -0.25) is 4.90 Å². The van der Waals surface area contributed by atoms with E-state index in [2.05, 4.69) is 30.0 Å². The van der Waals surface area contributed by atoms with Crippen LogP contribution in [0.15, 0.2) is 42.5 Å². The van der Waals surface area contributed by atoms with E-state index in [0.717, 1.165) is 25.4 Å². The van der Waals surface area contributed by atoms with E-state index in [1.165, 1.54) is 10.8 Å². The number of benzene rings is 2. The lowest BCUT2D eigenvalue weighted by Gasteiger charge is -2.19. The summed E-state index contributed by atoms with van der Waals surface area (Å²) in [5.74, 6) is 1.63. The molecule has 0 atom stereocenters. The molecule has 2 rings (SSSR count). The molecule has 0 N–H and O–H groups in total. The van der Waals surface area contributed by atoms with Crippen molar-refractivity contribution < 1.29 is 4.74 Å². The maximum absolute atomic E-state index is 5.91. The summed E-state index contributed by atoms with van der Waals surface area (Å²) < 4.78 is 5.91. The molecule has 0 heterocycles. The minimum Gasteiger partial charge on any atom is -0.492 e. The summed E-state index contributed by atoms with van der Waals surface area (Å²) in [4.78, 5) is 2.29. The molecule has 2 aromatic carbocycles. The Morgan fingerprint density at radius 3 is 2.63 bits per heavy atom. The molecule has 0 aromatic heterocycles. The van der Waals surface area contributed by atoms with Gasteiger partial charge < -0.3 is 4.74 Å². The lowest BCUT2D eigenvalue weighted by molar-refractivity contribution is 0.225. The summed E-state index contributed by atoms with van der Waals surface area (Å²) in [7, 11) is 0. The molecule has 2 aromatic rings. The predicted molar refractivity (Wildman–Crippen MR) is 82.3 cm³/mol. The highest BCUT2D eigenvalue weighted by atomic mass is 35.5. The van der Waals surface area contributed by atoms with E-state index in [1.807, 2.05) is 24.3 Å². The second kappa shape index (κ2) is 7.37. The van der Waals surface area contributed by atoms with Crippen molar-refractivity contribution in [3.8, 4) is 5.75 Å². The number of halogens is 1. The zero-order valence-electron chi connectivity index (χ0n) is 11.3. The van der Waals surface area contributed by atoms with Crippen LogP contribution in [0.25, 0.3) is 10.8 Å². The highest BCUT2D eigenvalue weighted by molar-refractivity contribution is 6.18. The summed E-state index contributed by atoms with van der Waals surface area (Å²) in [6, 6.07) is 14.5. The largest absolute Gasteiger partial charge is 0.492 e. The van der Waals surface area contributed by atoms with Crippen LogP contribution in [0.3, 0.4) is 0 Å². The molecule has 0 radical (unpaired) electrons. The van der Waals surface area contributed by atoms with Gasteiger partial charge in [0.05, 0.1) is 0 Å². The van der Waals surface area contributed by atoms with Crippen molar-refractivity contribution in [2.45, 2.75) is 6.92 Å². The van der Waals surface area contributed by atoms with Gasteiger partial charge in [-0.1, -0.05) is 43.3 Å². The molecule has 2 nitrogen and oxygen atoms in total. The van der Waals surface area contributed by atoms with E-state index in [4.69, 9.17) is 16.3 Å². The first-order valence-corrected chi connectivity index (χ1v) is 7.27. The van der Waals surface area contributed by atoms with Gasteiger partial charge in [-0.05, 0) is 18.0 Å². The third-order valence-corrected chi connectivity index (χ3v) is 3.43. The Labute approximate surface area is 119 Å². The van der Waals surface area contributed by atoms with Crippen LogP contribution in [0.2, 0.25) is 0 Å². The fourth-order valence-corrected chi connectivity index (χ4v) is 2.39. The van der Waals surface area contributed by atoms with E-state index in [-0.39, 0.29) is 0 Å². The zero-order chi connectivity index (χ0) is 13.5. The van der Waals surface area contributed by atoms with Crippen molar-refractivity contribution in [2.24, 2.45) is 0 Å². The van der Waals surface area contributed by atoms with Crippen LogP contribution in [0.5, 0.6) is 5.75 Å². The molecule has 0 fully saturated rings. The fourth-order valence-electron chi connectivity index (χ4n) is 2.15. The van der Waals surface area contributed by atoms with E-state index >= 15 is 0 Å². The van der Waals surface area contributed by atoms with Crippen LogP contribution in [-0.2, 0) is 0 Å². The molecule has 0 saturated heterocycles. The second-order valence-corrected chi connectivity index (χ2v) is 4.83. The number of hydrogen-bond donors (Lipinski definition) is 0. The van der Waals surface area contributed by atoms with Gasteiger partial charge in [0.1, 0.15) is 12.4 Å².